The molecule has 1 aliphatic carbocycles. The van der Waals surface area contributed by atoms with Gasteiger partial charge in [-0.1, -0.05) is 43.7 Å². The summed E-state index contributed by atoms with van der Waals surface area (Å²) in [5.74, 6) is 0.494. The van der Waals surface area contributed by atoms with E-state index in [0.717, 1.165) is 19.3 Å². The van der Waals surface area contributed by atoms with Gasteiger partial charge in [0.25, 0.3) is 0 Å². The van der Waals surface area contributed by atoms with Gasteiger partial charge in [0.1, 0.15) is 9.84 Å². The second kappa shape index (κ2) is 6.27. The molecule has 1 unspecified atom stereocenters. The fourth-order valence-electron chi connectivity index (χ4n) is 3.15. The average molecular weight is 295 g/mol. The van der Waals surface area contributed by atoms with Gasteiger partial charge < -0.3 is 5.73 Å². The van der Waals surface area contributed by atoms with Crippen LogP contribution in [0, 0.1) is 0 Å². The molecule has 0 amide bonds. The van der Waals surface area contributed by atoms with Crippen LogP contribution in [0.1, 0.15) is 44.6 Å². The normalized spacial score (nSPS) is 19.3. The molecule has 0 aromatic heterocycles. The number of rotatable bonds is 7. The molecular weight excluding hydrogens is 270 g/mol. The van der Waals surface area contributed by atoms with E-state index in [2.05, 4.69) is 24.3 Å². The largest absolute Gasteiger partial charge is 0.327 e. The Morgan fingerprint density at radius 2 is 1.90 bits per heavy atom. The molecule has 0 saturated heterocycles. The topological polar surface area (TPSA) is 60.2 Å². The quantitative estimate of drug-likeness (QED) is 0.841. The van der Waals surface area contributed by atoms with Crippen molar-refractivity contribution in [1.82, 2.24) is 0 Å². The number of nitrogens with two attached hydrogens (primary N) is 1. The Labute approximate surface area is 122 Å². The highest BCUT2D eigenvalue weighted by Gasteiger charge is 2.43. The van der Waals surface area contributed by atoms with E-state index in [1.807, 2.05) is 6.07 Å². The second-order valence-corrected chi connectivity index (χ2v) is 8.33. The minimum absolute atomic E-state index is 0.0608. The van der Waals surface area contributed by atoms with Gasteiger partial charge in [-0.3, -0.25) is 0 Å². The van der Waals surface area contributed by atoms with E-state index in [-0.39, 0.29) is 23.0 Å². The van der Waals surface area contributed by atoms with Crippen LogP contribution in [0.3, 0.4) is 0 Å². The minimum Gasteiger partial charge on any atom is -0.327 e. The Morgan fingerprint density at radius 1 is 1.25 bits per heavy atom. The first kappa shape index (κ1) is 15.5. The van der Waals surface area contributed by atoms with E-state index in [1.165, 1.54) is 12.0 Å². The van der Waals surface area contributed by atoms with E-state index in [4.69, 9.17) is 5.73 Å². The van der Waals surface area contributed by atoms with Crippen LogP contribution >= 0.6 is 0 Å². The molecule has 20 heavy (non-hydrogen) atoms. The van der Waals surface area contributed by atoms with E-state index in [9.17, 15) is 8.42 Å². The van der Waals surface area contributed by atoms with E-state index >= 15 is 0 Å². The van der Waals surface area contributed by atoms with Crippen LogP contribution in [-0.2, 0) is 15.3 Å². The molecule has 2 rings (SSSR count). The summed E-state index contributed by atoms with van der Waals surface area (Å²) in [7, 11) is -2.87. The van der Waals surface area contributed by atoms with Crippen molar-refractivity contribution in [2.24, 2.45) is 5.73 Å². The molecule has 1 fully saturated rings. The summed E-state index contributed by atoms with van der Waals surface area (Å²) in [6.07, 6.45) is 4.92. The third-order valence-corrected chi connectivity index (χ3v) is 6.50. The average Bonchev–Trinajstić information content (AvgIpc) is 2.38. The lowest BCUT2D eigenvalue weighted by Crippen LogP contribution is -2.50. The zero-order valence-electron chi connectivity index (χ0n) is 12.2. The maximum absolute atomic E-state index is 11.5. The first-order valence-electron chi connectivity index (χ1n) is 7.52. The highest BCUT2D eigenvalue weighted by Crippen LogP contribution is 2.46. The summed E-state index contributed by atoms with van der Waals surface area (Å²) in [6.45, 7) is 1.70. The number of hydrogen-bond acceptors (Lipinski definition) is 3. The van der Waals surface area contributed by atoms with Crippen molar-refractivity contribution in [2.75, 3.05) is 11.5 Å². The highest BCUT2D eigenvalue weighted by molar-refractivity contribution is 7.91. The Bertz CT molecular complexity index is 521. The van der Waals surface area contributed by atoms with E-state index in [0.29, 0.717) is 6.42 Å². The van der Waals surface area contributed by atoms with Crippen molar-refractivity contribution in [3.05, 3.63) is 35.9 Å². The van der Waals surface area contributed by atoms with Gasteiger partial charge in [0, 0.05) is 17.2 Å². The lowest BCUT2D eigenvalue weighted by Gasteiger charge is -2.47. The molecular formula is C16H25NO2S. The van der Waals surface area contributed by atoms with E-state index < -0.39 is 9.84 Å². The molecule has 1 aromatic rings. The van der Waals surface area contributed by atoms with Crippen LogP contribution in [0.5, 0.6) is 0 Å². The highest BCUT2D eigenvalue weighted by atomic mass is 32.2. The van der Waals surface area contributed by atoms with Crippen LogP contribution in [0.15, 0.2) is 30.3 Å². The van der Waals surface area contributed by atoms with Gasteiger partial charge in [-0.15, -0.1) is 0 Å². The van der Waals surface area contributed by atoms with Gasteiger partial charge >= 0.3 is 0 Å². The Morgan fingerprint density at radius 3 is 2.40 bits per heavy atom. The predicted molar refractivity (Wildman–Crippen MR) is 83.5 cm³/mol. The van der Waals surface area contributed by atoms with Gasteiger partial charge in [0.05, 0.1) is 5.75 Å². The lowest BCUT2D eigenvalue weighted by molar-refractivity contribution is 0.188. The molecule has 0 aliphatic heterocycles. The third kappa shape index (κ3) is 3.23. The molecule has 1 atom stereocenters. The van der Waals surface area contributed by atoms with E-state index in [1.54, 1.807) is 6.92 Å². The molecule has 0 heterocycles. The minimum atomic E-state index is -2.87. The standard InChI is InChI=1S/C16H25NO2S/c1-2-20(18,19)13-6-10-15(17)16(11-7-12-16)14-8-4-3-5-9-14/h3-5,8-9,15H,2,6-7,10-13,17H2,1H3. The fourth-order valence-corrected chi connectivity index (χ4v) is 4.04. The molecule has 1 saturated carbocycles. The summed E-state index contributed by atoms with van der Waals surface area (Å²) < 4.78 is 23.1. The number of hydrogen-bond donors (Lipinski definition) is 1. The van der Waals surface area contributed by atoms with Gasteiger partial charge in [0.2, 0.25) is 0 Å². The summed E-state index contributed by atoms with van der Waals surface area (Å²) in [6, 6.07) is 10.5. The maximum Gasteiger partial charge on any atom is 0.150 e. The van der Waals surface area contributed by atoms with Gasteiger partial charge in [0.15, 0.2) is 0 Å². The summed E-state index contributed by atoms with van der Waals surface area (Å²) in [4.78, 5) is 0. The number of sulfone groups is 1. The molecule has 4 heteroatoms. The molecule has 1 aromatic carbocycles. The van der Waals surface area contributed by atoms with Crippen LogP contribution < -0.4 is 5.73 Å². The molecule has 3 nitrogen and oxygen atoms in total. The molecule has 2 N–H and O–H groups in total. The molecule has 0 bridgehead atoms. The van der Waals surface area contributed by atoms with Crippen LogP contribution in [0.2, 0.25) is 0 Å². The first-order chi connectivity index (χ1) is 9.50. The molecule has 0 spiro atoms. The smallest absolute Gasteiger partial charge is 0.150 e. The van der Waals surface area contributed by atoms with Gasteiger partial charge in [-0.05, 0) is 31.2 Å². The zero-order chi connectivity index (χ0) is 14.6. The Balaban J connectivity index is 1.98. The zero-order valence-corrected chi connectivity index (χ0v) is 13.0. The number of benzene rings is 1. The maximum atomic E-state index is 11.5. The van der Waals surface area contributed by atoms with Crippen molar-refractivity contribution in [3.63, 3.8) is 0 Å². The van der Waals surface area contributed by atoms with Crippen molar-refractivity contribution < 1.29 is 8.42 Å². The van der Waals surface area contributed by atoms with Crippen LogP contribution in [0.4, 0.5) is 0 Å². The predicted octanol–water partition coefficient (Wildman–Crippen LogP) is 2.65. The molecule has 1 aliphatic rings. The fraction of sp³-hybridized carbons (Fsp3) is 0.625. The Kier molecular flexibility index (Phi) is 4.86. The molecule has 112 valence electrons. The van der Waals surface area contributed by atoms with Gasteiger partial charge in [-0.2, -0.15) is 0 Å². The van der Waals surface area contributed by atoms with Crippen molar-refractivity contribution in [1.29, 1.82) is 0 Å². The van der Waals surface area contributed by atoms with Crippen molar-refractivity contribution >= 4 is 9.84 Å². The SMILES string of the molecule is CCS(=O)(=O)CCCC(N)C1(c2ccccc2)CCC1. The summed E-state index contributed by atoms with van der Waals surface area (Å²) in [5.41, 5.74) is 7.82. The van der Waals surface area contributed by atoms with Crippen molar-refractivity contribution in [3.8, 4) is 0 Å². The van der Waals surface area contributed by atoms with Crippen LogP contribution in [-0.4, -0.2) is 26.0 Å². The third-order valence-electron chi connectivity index (χ3n) is 4.71. The molecule has 0 radical (unpaired) electrons. The summed E-state index contributed by atoms with van der Waals surface area (Å²) in [5, 5.41) is 0. The second-order valence-electron chi connectivity index (χ2n) is 5.86. The summed E-state index contributed by atoms with van der Waals surface area (Å²) >= 11 is 0. The monoisotopic (exact) mass is 295 g/mol. The van der Waals surface area contributed by atoms with Crippen LogP contribution in [0.25, 0.3) is 0 Å². The van der Waals surface area contributed by atoms with Crippen molar-refractivity contribution in [2.45, 2.75) is 50.5 Å². The Hall–Kier alpha value is -0.870. The lowest BCUT2D eigenvalue weighted by atomic mass is 9.59. The van der Waals surface area contributed by atoms with Gasteiger partial charge in [-0.25, -0.2) is 8.42 Å². The first-order valence-corrected chi connectivity index (χ1v) is 9.34.